The van der Waals surface area contributed by atoms with Crippen LogP contribution in [-0.4, -0.2) is 16.7 Å². The molecule has 0 atom stereocenters. The Morgan fingerprint density at radius 2 is 1.92 bits per heavy atom. The number of carbonyl (C=O) groups is 1. The van der Waals surface area contributed by atoms with E-state index in [2.05, 4.69) is 5.32 Å². The summed E-state index contributed by atoms with van der Waals surface area (Å²) in [5, 5.41) is 3.94. The van der Waals surface area contributed by atoms with E-state index in [-0.39, 0.29) is 12.2 Å². The maximum atomic E-state index is 12.2. The van der Waals surface area contributed by atoms with Crippen LogP contribution in [0.5, 0.6) is 0 Å². The number of fused-ring (bicyclic) bond motifs is 1. The Hall–Kier alpha value is -2.31. The van der Waals surface area contributed by atoms with Crippen LogP contribution in [0.3, 0.4) is 0 Å². The first-order valence-electron chi connectivity index (χ1n) is 7.42. The first-order valence-corrected chi connectivity index (χ1v) is 8.57. The molecular formula is C17H15ClN2O3S. The van der Waals surface area contributed by atoms with Crippen molar-refractivity contribution >= 4 is 45.0 Å². The average Bonchev–Trinajstić information content (AvgIpc) is 2.90. The molecule has 0 saturated heterocycles. The van der Waals surface area contributed by atoms with Crippen molar-refractivity contribution in [1.82, 2.24) is 3.96 Å². The first-order chi connectivity index (χ1) is 11.6. The summed E-state index contributed by atoms with van der Waals surface area (Å²) in [4.78, 5) is 23.9. The zero-order chi connectivity index (χ0) is 16.9. The van der Waals surface area contributed by atoms with Gasteiger partial charge in [0.1, 0.15) is 0 Å². The maximum Gasteiger partial charge on any atom is 0.411 e. The minimum atomic E-state index is -0.527. The fourth-order valence-corrected chi connectivity index (χ4v) is 3.38. The zero-order valence-corrected chi connectivity index (χ0v) is 14.3. The molecule has 0 aliphatic heterocycles. The van der Waals surface area contributed by atoms with Crippen LogP contribution in [0.15, 0.2) is 53.3 Å². The minimum Gasteiger partial charge on any atom is -0.449 e. The molecule has 0 aliphatic carbocycles. The van der Waals surface area contributed by atoms with E-state index in [9.17, 15) is 9.59 Å². The fourth-order valence-electron chi connectivity index (χ4n) is 2.22. The molecule has 5 nitrogen and oxygen atoms in total. The van der Waals surface area contributed by atoms with Crippen LogP contribution < -0.4 is 10.9 Å². The molecule has 0 aliphatic rings. The van der Waals surface area contributed by atoms with Gasteiger partial charge in [0.25, 0.3) is 5.56 Å². The van der Waals surface area contributed by atoms with Gasteiger partial charge in [-0.25, -0.2) is 4.79 Å². The molecule has 0 bridgehead atoms. The second-order valence-corrected chi connectivity index (χ2v) is 6.62. The number of aryl methyl sites for hydroxylation is 1. The molecule has 3 aromatic rings. The number of nitrogens with zero attached hydrogens (tertiary/aromatic N) is 1. The smallest absolute Gasteiger partial charge is 0.411 e. The highest BCUT2D eigenvalue weighted by atomic mass is 35.5. The van der Waals surface area contributed by atoms with Crippen molar-refractivity contribution in [3.8, 4) is 0 Å². The summed E-state index contributed by atoms with van der Waals surface area (Å²) >= 11 is 7.20. The second kappa shape index (κ2) is 7.51. The predicted molar refractivity (Wildman–Crippen MR) is 97.1 cm³/mol. The Labute approximate surface area is 147 Å². The molecule has 3 rings (SSSR count). The zero-order valence-electron chi connectivity index (χ0n) is 12.7. The van der Waals surface area contributed by atoms with E-state index in [1.54, 1.807) is 28.2 Å². The van der Waals surface area contributed by atoms with Crippen LogP contribution in [0.2, 0.25) is 5.02 Å². The molecule has 0 radical (unpaired) electrons. The van der Waals surface area contributed by atoms with Gasteiger partial charge in [-0.1, -0.05) is 35.3 Å². The van der Waals surface area contributed by atoms with E-state index < -0.39 is 6.09 Å². The Bertz CT molecular complexity index is 902. The second-order valence-electron chi connectivity index (χ2n) is 5.12. The normalized spacial score (nSPS) is 10.7. The van der Waals surface area contributed by atoms with Crippen molar-refractivity contribution in [1.29, 1.82) is 0 Å². The number of hydrogen-bond donors (Lipinski definition) is 1. The summed E-state index contributed by atoms with van der Waals surface area (Å²) in [7, 11) is 0. The van der Waals surface area contributed by atoms with Gasteiger partial charge in [0.15, 0.2) is 0 Å². The molecule has 2 aromatic carbocycles. The lowest BCUT2D eigenvalue weighted by molar-refractivity contribution is 0.158. The van der Waals surface area contributed by atoms with Crippen molar-refractivity contribution in [3.63, 3.8) is 0 Å². The number of anilines is 1. The van der Waals surface area contributed by atoms with Crippen molar-refractivity contribution in [2.24, 2.45) is 0 Å². The number of carbonyl (C=O) groups excluding carboxylic acids is 1. The standard InChI is InChI=1S/C17H15ClN2O3S/c18-12-6-8-13(9-7-12)19-17(22)23-11-3-10-20-16(21)14-4-1-2-5-15(14)24-20/h1-2,4-9H,3,10-11H2,(H,19,22). The highest BCUT2D eigenvalue weighted by Gasteiger charge is 2.07. The molecule has 0 unspecified atom stereocenters. The largest absolute Gasteiger partial charge is 0.449 e. The summed E-state index contributed by atoms with van der Waals surface area (Å²) < 4.78 is 7.77. The van der Waals surface area contributed by atoms with Gasteiger partial charge in [-0.3, -0.25) is 14.1 Å². The van der Waals surface area contributed by atoms with Crippen molar-refractivity contribution in [2.45, 2.75) is 13.0 Å². The number of halogens is 1. The molecule has 0 saturated carbocycles. The van der Waals surface area contributed by atoms with Gasteiger partial charge >= 0.3 is 6.09 Å². The molecule has 124 valence electrons. The lowest BCUT2D eigenvalue weighted by Crippen LogP contribution is -2.17. The Kier molecular flexibility index (Phi) is 5.17. The number of nitrogens with one attached hydrogen (secondary N) is 1. The lowest BCUT2D eigenvalue weighted by Gasteiger charge is -2.07. The predicted octanol–water partition coefficient (Wildman–Crippen LogP) is 4.36. The fraction of sp³-hybridized carbons (Fsp3) is 0.176. The Morgan fingerprint density at radius 3 is 2.67 bits per heavy atom. The van der Waals surface area contributed by atoms with Gasteiger partial charge in [-0.05, 0) is 36.4 Å². The van der Waals surface area contributed by atoms with E-state index in [0.29, 0.717) is 23.7 Å². The van der Waals surface area contributed by atoms with E-state index in [1.165, 1.54) is 11.5 Å². The van der Waals surface area contributed by atoms with Crippen LogP contribution in [0, 0.1) is 0 Å². The van der Waals surface area contributed by atoms with Gasteiger partial charge in [0, 0.05) is 23.7 Å². The third-order valence-corrected chi connectivity index (χ3v) is 4.76. The highest BCUT2D eigenvalue weighted by molar-refractivity contribution is 7.13. The SMILES string of the molecule is O=C(Nc1ccc(Cl)cc1)OCCCn1sc2ccccc2c1=O. The molecule has 1 aromatic heterocycles. The minimum absolute atomic E-state index is 0.00113. The van der Waals surface area contributed by atoms with Crippen LogP contribution >= 0.6 is 23.1 Å². The summed E-state index contributed by atoms with van der Waals surface area (Å²) in [5.41, 5.74) is 0.617. The lowest BCUT2D eigenvalue weighted by atomic mass is 10.3. The number of rotatable bonds is 5. The van der Waals surface area contributed by atoms with Crippen molar-refractivity contribution in [2.75, 3.05) is 11.9 Å². The van der Waals surface area contributed by atoms with E-state index >= 15 is 0 Å². The Balaban J connectivity index is 1.47. The molecule has 1 heterocycles. The quantitative estimate of drug-likeness (QED) is 0.686. The number of ether oxygens (including phenoxy) is 1. The third-order valence-electron chi connectivity index (χ3n) is 3.38. The Morgan fingerprint density at radius 1 is 1.17 bits per heavy atom. The van der Waals surface area contributed by atoms with Crippen LogP contribution in [-0.2, 0) is 11.3 Å². The monoisotopic (exact) mass is 362 g/mol. The van der Waals surface area contributed by atoms with E-state index in [0.717, 1.165) is 10.1 Å². The molecule has 24 heavy (non-hydrogen) atoms. The first kappa shape index (κ1) is 16.5. The number of hydrogen-bond acceptors (Lipinski definition) is 4. The van der Waals surface area contributed by atoms with E-state index in [1.807, 2.05) is 24.3 Å². The van der Waals surface area contributed by atoms with Gasteiger partial charge in [-0.15, -0.1) is 0 Å². The molecule has 1 N–H and O–H groups in total. The summed E-state index contributed by atoms with van der Waals surface area (Å²) in [6.07, 6.45) is 0.0434. The third kappa shape index (κ3) is 3.96. The molecule has 0 fully saturated rings. The van der Waals surface area contributed by atoms with Crippen molar-refractivity contribution in [3.05, 3.63) is 63.9 Å². The van der Waals surface area contributed by atoms with E-state index in [4.69, 9.17) is 16.3 Å². The molecule has 0 spiro atoms. The molecule has 1 amide bonds. The number of benzene rings is 2. The number of aromatic nitrogens is 1. The number of amides is 1. The van der Waals surface area contributed by atoms with Crippen LogP contribution in [0.1, 0.15) is 6.42 Å². The van der Waals surface area contributed by atoms with Crippen LogP contribution in [0.4, 0.5) is 10.5 Å². The van der Waals surface area contributed by atoms with Crippen LogP contribution in [0.25, 0.3) is 10.1 Å². The highest BCUT2D eigenvalue weighted by Crippen LogP contribution is 2.16. The van der Waals surface area contributed by atoms with Gasteiger partial charge in [0.05, 0.1) is 16.7 Å². The summed E-state index contributed by atoms with van der Waals surface area (Å²) in [6, 6.07) is 14.3. The summed E-state index contributed by atoms with van der Waals surface area (Å²) in [5.74, 6) is 0. The van der Waals surface area contributed by atoms with Gasteiger partial charge in [-0.2, -0.15) is 0 Å². The van der Waals surface area contributed by atoms with Gasteiger partial charge < -0.3 is 4.74 Å². The summed E-state index contributed by atoms with van der Waals surface area (Å²) in [6.45, 7) is 0.756. The van der Waals surface area contributed by atoms with Crippen molar-refractivity contribution < 1.29 is 9.53 Å². The maximum absolute atomic E-state index is 12.2. The molecular weight excluding hydrogens is 348 g/mol. The topological polar surface area (TPSA) is 60.3 Å². The molecule has 7 heteroatoms. The van der Waals surface area contributed by atoms with Gasteiger partial charge in [0.2, 0.25) is 0 Å². The average molecular weight is 363 g/mol.